The van der Waals surface area contributed by atoms with E-state index in [2.05, 4.69) is 14.5 Å². The smallest absolute Gasteiger partial charge is 0.417 e. The summed E-state index contributed by atoms with van der Waals surface area (Å²) >= 11 is 0. The quantitative estimate of drug-likeness (QED) is 0.596. The monoisotopic (exact) mass is 361 g/mol. The molecule has 2 heterocycles. The summed E-state index contributed by atoms with van der Waals surface area (Å²) in [5.41, 5.74) is 1.06. The van der Waals surface area contributed by atoms with Crippen molar-refractivity contribution in [3.05, 3.63) is 48.4 Å². The number of fused-ring (bicyclic) bond motifs is 1. The van der Waals surface area contributed by atoms with Crippen molar-refractivity contribution < 1.29 is 17.9 Å². The average molecular weight is 361 g/mol. The summed E-state index contributed by atoms with van der Waals surface area (Å²) in [6.45, 7) is 0. The Balaban J connectivity index is 1.59. The van der Waals surface area contributed by atoms with Gasteiger partial charge in [-0.05, 0) is 31.0 Å². The Morgan fingerprint density at radius 2 is 1.81 bits per heavy atom. The summed E-state index contributed by atoms with van der Waals surface area (Å²) in [5.74, 6) is 0.656. The van der Waals surface area contributed by atoms with Crippen molar-refractivity contribution in [2.24, 2.45) is 0 Å². The van der Waals surface area contributed by atoms with Crippen LogP contribution < -0.4 is 4.74 Å². The Bertz CT molecular complexity index is 897. The number of halogens is 3. The van der Waals surface area contributed by atoms with Gasteiger partial charge in [-0.3, -0.25) is 0 Å². The van der Waals surface area contributed by atoms with Gasteiger partial charge in [0.25, 0.3) is 0 Å². The first kappa shape index (κ1) is 16.9. The minimum Gasteiger partial charge on any atom is -0.439 e. The predicted molar refractivity (Wildman–Crippen MR) is 91.2 cm³/mol. The molecule has 0 spiro atoms. The van der Waals surface area contributed by atoms with Crippen LogP contribution in [0.5, 0.6) is 11.6 Å². The lowest BCUT2D eigenvalue weighted by atomic mass is 9.95. The van der Waals surface area contributed by atoms with Gasteiger partial charge in [0.1, 0.15) is 5.75 Å². The molecule has 1 aromatic carbocycles. The zero-order valence-electron chi connectivity index (χ0n) is 14.0. The van der Waals surface area contributed by atoms with Crippen LogP contribution in [-0.2, 0) is 6.18 Å². The lowest BCUT2D eigenvalue weighted by Crippen LogP contribution is -2.11. The first-order valence-electron chi connectivity index (χ1n) is 8.68. The third-order valence-corrected chi connectivity index (χ3v) is 4.80. The average Bonchev–Trinajstić information content (AvgIpc) is 3.05. The van der Waals surface area contributed by atoms with Crippen LogP contribution in [0.3, 0.4) is 0 Å². The van der Waals surface area contributed by atoms with Crippen LogP contribution in [-0.4, -0.2) is 14.5 Å². The zero-order chi connectivity index (χ0) is 18.1. The fraction of sp³-hybridized carbons (Fsp3) is 0.368. The summed E-state index contributed by atoms with van der Waals surface area (Å²) in [4.78, 5) is 8.20. The Labute approximate surface area is 148 Å². The van der Waals surface area contributed by atoms with Crippen LogP contribution in [0.4, 0.5) is 13.2 Å². The maximum absolute atomic E-state index is 12.6. The Kier molecular flexibility index (Phi) is 4.30. The van der Waals surface area contributed by atoms with E-state index in [1.165, 1.54) is 25.3 Å². The van der Waals surface area contributed by atoms with Crippen LogP contribution in [0.15, 0.2) is 42.9 Å². The van der Waals surface area contributed by atoms with Crippen molar-refractivity contribution in [1.29, 1.82) is 0 Å². The molecule has 2 aromatic heterocycles. The summed E-state index contributed by atoms with van der Waals surface area (Å²) < 4.78 is 45.7. The summed E-state index contributed by atoms with van der Waals surface area (Å²) in [7, 11) is 0. The summed E-state index contributed by atoms with van der Waals surface area (Å²) in [6, 6.07) is 8.11. The van der Waals surface area contributed by atoms with Gasteiger partial charge in [-0.15, -0.1) is 0 Å². The van der Waals surface area contributed by atoms with Crippen LogP contribution in [0.25, 0.3) is 11.0 Å². The second-order valence-corrected chi connectivity index (χ2v) is 6.58. The van der Waals surface area contributed by atoms with E-state index in [4.69, 9.17) is 4.74 Å². The molecule has 1 fully saturated rings. The molecular formula is C19H18F3N3O. The number of rotatable bonds is 3. The number of hydrogen-bond donors (Lipinski definition) is 0. The molecule has 0 aliphatic heterocycles. The SMILES string of the molecule is FC(F)(F)c1ccc(Oc2ccc3ncn(C4CCCCC4)c3c2)nc1. The highest BCUT2D eigenvalue weighted by molar-refractivity contribution is 5.77. The first-order valence-corrected chi connectivity index (χ1v) is 8.68. The van der Waals surface area contributed by atoms with Gasteiger partial charge in [-0.25, -0.2) is 9.97 Å². The molecule has 0 radical (unpaired) electrons. The maximum atomic E-state index is 12.6. The van der Waals surface area contributed by atoms with E-state index in [0.29, 0.717) is 11.8 Å². The van der Waals surface area contributed by atoms with Crippen molar-refractivity contribution in [3.63, 3.8) is 0 Å². The fourth-order valence-corrected chi connectivity index (χ4v) is 3.45. The predicted octanol–water partition coefficient (Wildman–Crippen LogP) is 5.75. The number of imidazole rings is 1. The standard InChI is InChI=1S/C19H18F3N3O/c20-19(21,22)13-6-9-18(23-11-13)26-15-7-8-16-17(10-15)25(12-24-16)14-4-2-1-3-5-14/h6-12,14H,1-5H2. The van der Waals surface area contributed by atoms with E-state index in [1.54, 1.807) is 6.07 Å². The van der Waals surface area contributed by atoms with E-state index in [0.717, 1.165) is 36.1 Å². The highest BCUT2D eigenvalue weighted by Gasteiger charge is 2.30. The fourth-order valence-electron chi connectivity index (χ4n) is 3.45. The molecule has 1 aliphatic rings. The number of hydrogen-bond acceptors (Lipinski definition) is 3. The van der Waals surface area contributed by atoms with Crippen LogP contribution in [0, 0.1) is 0 Å². The molecule has 1 aliphatic carbocycles. The first-order chi connectivity index (χ1) is 12.5. The maximum Gasteiger partial charge on any atom is 0.417 e. The number of alkyl halides is 3. The molecule has 0 bridgehead atoms. The molecule has 0 amide bonds. The minimum absolute atomic E-state index is 0.126. The number of benzene rings is 1. The lowest BCUT2D eigenvalue weighted by molar-refractivity contribution is -0.137. The van der Waals surface area contributed by atoms with Gasteiger partial charge in [-0.1, -0.05) is 19.3 Å². The van der Waals surface area contributed by atoms with Gasteiger partial charge in [-0.2, -0.15) is 13.2 Å². The normalized spacial score (nSPS) is 16.1. The second kappa shape index (κ2) is 6.63. The molecule has 0 saturated heterocycles. The van der Waals surface area contributed by atoms with E-state index >= 15 is 0 Å². The molecular weight excluding hydrogens is 343 g/mol. The Morgan fingerprint density at radius 3 is 2.50 bits per heavy atom. The molecule has 136 valence electrons. The molecule has 1 saturated carbocycles. The van der Waals surface area contributed by atoms with Crippen LogP contribution >= 0.6 is 0 Å². The molecule has 4 nitrogen and oxygen atoms in total. The molecule has 3 aromatic rings. The molecule has 26 heavy (non-hydrogen) atoms. The molecule has 0 unspecified atom stereocenters. The molecule has 4 rings (SSSR count). The van der Waals surface area contributed by atoms with E-state index in [-0.39, 0.29) is 5.88 Å². The number of pyridine rings is 1. The Hall–Kier alpha value is -2.57. The third-order valence-electron chi connectivity index (χ3n) is 4.80. The second-order valence-electron chi connectivity index (χ2n) is 6.58. The van der Waals surface area contributed by atoms with Gasteiger partial charge >= 0.3 is 6.18 Å². The van der Waals surface area contributed by atoms with E-state index in [1.807, 2.05) is 18.5 Å². The highest BCUT2D eigenvalue weighted by Crippen LogP contribution is 2.33. The van der Waals surface area contributed by atoms with Crippen molar-refractivity contribution in [3.8, 4) is 11.6 Å². The topological polar surface area (TPSA) is 39.9 Å². The van der Waals surface area contributed by atoms with Crippen molar-refractivity contribution in [1.82, 2.24) is 14.5 Å². The minimum atomic E-state index is -4.41. The van der Waals surface area contributed by atoms with E-state index < -0.39 is 11.7 Å². The molecule has 0 N–H and O–H groups in total. The van der Waals surface area contributed by atoms with Gasteiger partial charge in [0.2, 0.25) is 5.88 Å². The third kappa shape index (κ3) is 3.38. The van der Waals surface area contributed by atoms with Crippen LogP contribution in [0.2, 0.25) is 0 Å². The van der Waals surface area contributed by atoms with Crippen molar-refractivity contribution >= 4 is 11.0 Å². The number of nitrogens with zero attached hydrogens (tertiary/aromatic N) is 3. The zero-order valence-corrected chi connectivity index (χ0v) is 14.0. The molecule has 7 heteroatoms. The van der Waals surface area contributed by atoms with Gasteiger partial charge in [0.15, 0.2) is 0 Å². The van der Waals surface area contributed by atoms with Crippen molar-refractivity contribution in [2.45, 2.75) is 44.3 Å². The lowest BCUT2D eigenvalue weighted by Gasteiger charge is -2.23. The van der Waals surface area contributed by atoms with Gasteiger partial charge in [0, 0.05) is 24.4 Å². The highest BCUT2D eigenvalue weighted by atomic mass is 19.4. The van der Waals surface area contributed by atoms with Crippen LogP contribution in [0.1, 0.15) is 43.7 Å². The van der Waals surface area contributed by atoms with Crippen molar-refractivity contribution in [2.75, 3.05) is 0 Å². The largest absolute Gasteiger partial charge is 0.439 e. The van der Waals surface area contributed by atoms with E-state index in [9.17, 15) is 13.2 Å². The summed E-state index contributed by atoms with van der Waals surface area (Å²) in [5, 5.41) is 0. The Morgan fingerprint density at radius 1 is 1.00 bits per heavy atom. The number of ether oxygens (including phenoxy) is 1. The number of aromatic nitrogens is 3. The summed E-state index contributed by atoms with van der Waals surface area (Å²) in [6.07, 6.45) is 4.22. The van der Waals surface area contributed by atoms with Gasteiger partial charge in [0.05, 0.1) is 22.9 Å². The molecule has 0 atom stereocenters. The van der Waals surface area contributed by atoms with Gasteiger partial charge < -0.3 is 9.30 Å².